The number of aromatic amines is 1. The summed E-state index contributed by atoms with van der Waals surface area (Å²) in [5.74, 6) is 0.763. The minimum Gasteiger partial charge on any atom is -0.325 e. The Morgan fingerprint density at radius 1 is 1.17 bits per heavy atom. The van der Waals surface area contributed by atoms with Gasteiger partial charge in [-0.3, -0.25) is 4.79 Å². The van der Waals surface area contributed by atoms with Crippen LogP contribution in [0.1, 0.15) is 35.8 Å². The van der Waals surface area contributed by atoms with Crippen molar-refractivity contribution in [2.45, 2.75) is 31.8 Å². The zero-order chi connectivity index (χ0) is 16.5. The Morgan fingerprint density at radius 2 is 1.96 bits per heavy atom. The molecule has 0 amide bonds. The van der Waals surface area contributed by atoms with Crippen molar-refractivity contribution in [2.75, 3.05) is 7.05 Å². The molecule has 1 heterocycles. The average molecular weight is 320 g/mol. The first-order chi connectivity index (χ1) is 11.7. The van der Waals surface area contributed by atoms with E-state index in [1.807, 2.05) is 24.3 Å². The zero-order valence-corrected chi connectivity index (χ0v) is 13.9. The molecule has 1 aliphatic carbocycles. The Kier molecular flexibility index (Phi) is 3.90. The molecule has 0 spiro atoms. The van der Waals surface area contributed by atoms with Gasteiger partial charge in [0.1, 0.15) is 12.6 Å². The van der Waals surface area contributed by atoms with Crippen molar-refractivity contribution in [1.29, 1.82) is 0 Å². The van der Waals surface area contributed by atoms with Gasteiger partial charge in [-0.05, 0) is 30.5 Å². The molecule has 24 heavy (non-hydrogen) atoms. The maximum Gasteiger partial charge on any atom is 0.258 e. The zero-order valence-electron chi connectivity index (χ0n) is 13.9. The molecule has 1 aliphatic rings. The number of hydrogen-bond acceptors (Lipinski definition) is 2. The minimum absolute atomic E-state index is 0.0487. The number of benzene rings is 2. The fraction of sp³-hybridized carbons (Fsp3) is 0.300. The smallest absolute Gasteiger partial charge is 0.258 e. The highest BCUT2D eigenvalue weighted by molar-refractivity contribution is 5.77. The molecule has 2 atom stereocenters. The molecule has 2 N–H and O–H groups in total. The SMILES string of the molecule is C[NH+](Cc1nc2ccccc2c(=O)[nH]1)[C@@H]1CCCc2ccccc21. The van der Waals surface area contributed by atoms with E-state index in [0.717, 1.165) is 17.9 Å². The van der Waals surface area contributed by atoms with E-state index in [1.54, 1.807) is 0 Å². The van der Waals surface area contributed by atoms with Gasteiger partial charge in [-0.2, -0.15) is 0 Å². The van der Waals surface area contributed by atoms with Crippen LogP contribution < -0.4 is 10.5 Å². The van der Waals surface area contributed by atoms with Gasteiger partial charge in [0, 0.05) is 12.0 Å². The molecule has 1 aromatic heterocycles. The Morgan fingerprint density at radius 3 is 2.88 bits per heavy atom. The highest BCUT2D eigenvalue weighted by atomic mass is 16.1. The first kappa shape index (κ1) is 15.1. The van der Waals surface area contributed by atoms with Crippen molar-refractivity contribution in [2.24, 2.45) is 0 Å². The standard InChI is InChI=1S/C20H21N3O/c1-23(18-12-6-8-14-7-2-3-9-15(14)18)13-19-21-17-11-5-4-10-16(17)20(24)22-19/h2-5,7,9-11,18H,6,8,12-13H2,1H3,(H,21,22,24)/p+1/t18-/m1/s1. The van der Waals surface area contributed by atoms with E-state index in [4.69, 9.17) is 0 Å². The van der Waals surface area contributed by atoms with Crippen LogP contribution in [0.4, 0.5) is 0 Å². The monoisotopic (exact) mass is 320 g/mol. The van der Waals surface area contributed by atoms with E-state index in [0.29, 0.717) is 11.4 Å². The molecule has 2 aromatic carbocycles. The molecule has 0 saturated carbocycles. The predicted molar refractivity (Wildman–Crippen MR) is 95.1 cm³/mol. The summed E-state index contributed by atoms with van der Waals surface area (Å²) < 4.78 is 0. The summed E-state index contributed by atoms with van der Waals surface area (Å²) in [6.07, 6.45) is 3.58. The molecule has 0 saturated heterocycles. The summed E-state index contributed by atoms with van der Waals surface area (Å²) in [4.78, 5) is 21.2. The Labute approximate surface area is 141 Å². The third-order valence-electron chi connectivity index (χ3n) is 5.07. The maximum atomic E-state index is 12.3. The van der Waals surface area contributed by atoms with E-state index < -0.39 is 0 Å². The summed E-state index contributed by atoms with van der Waals surface area (Å²) in [6.45, 7) is 0.721. The van der Waals surface area contributed by atoms with Crippen LogP contribution in [0.2, 0.25) is 0 Å². The van der Waals surface area contributed by atoms with Gasteiger partial charge in [0.2, 0.25) is 0 Å². The summed E-state index contributed by atoms with van der Waals surface area (Å²) >= 11 is 0. The Balaban J connectivity index is 1.63. The number of hydrogen-bond donors (Lipinski definition) is 2. The lowest BCUT2D eigenvalue weighted by Gasteiger charge is -2.30. The molecule has 4 heteroatoms. The summed E-state index contributed by atoms with van der Waals surface area (Å²) in [5, 5.41) is 0.655. The number of aryl methyl sites for hydroxylation is 1. The number of quaternary nitrogens is 1. The van der Waals surface area contributed by atoms with Crippen molar-refractivity contribution in [1.82, 2.24) is 9.97 Å². The van der Waals surface area contributed by atoms with Gasteiger partial charge >= 0.3 is 0 Å². The molecule has 122 valence electrons. The molecule has 1 unspecified atom stereocenters. The largest absolute Gasteiger partial charge is 0.325 e. The van der Waals surface area contributed by atoms with E-state index in [1.165, 1.54) is 35.3 Å². The second kappa shape index (κ2) is 6.21. The molecule has 0 bridgehead atoms. The van der Waals surface area contributed by atoms with Gasteiger partial charge in [-0.15, -0.1) is 0 Å². The third kappa shape index (κ3) is 2.74. The number of para-hydroxylation sites is 1. The molecular formula is C20H22N3O+. The number of H-pyrrole nitrogens is 1. The lowest BCUT2D eigenvalue weighted by atomic mass is 9.87. The van der Waals surface area contributed by atoms with E-state index in [-0.39, 0.29) is 5.56 Å². The number of rotatable bonds is 3. The fourth-order valence-corrected chi connectivity index (χ4v) is 3.87. The second-order valence-corrected chi connectivity index (χ2v) is 6.70. The van der Waals surface area contributed by atoms with Crippen LogP contribution in [0.3, 0.4) is 0 Å². The summed E-state index contributed by atoms with van der Waals surface area (Å²) in [7, 11) is 2.20. The average Bonchev–Trinajstić information content (AvgIpc) is 2.61. The van der Waals surface area contributed by atoms with Crippen molar-refractivity contribution < 1.29 is 4.90 Å². The van der Waals surface area contributed by atoms with Gasteiger partial charge in [0.05, 0.1) is 18.0 Å². The van der Waals surface area contributed by atoms with Crippen LogP contribution >= 0.6 is 0 Å². The van der Waals surface area contributed by atoms with Crippen LogP contribution in [0, 0.1) is 0 Å². The number of nitrogens with zero attached hydrogens (tertiary/aromatic N) is 1. The second-order valence-electron chi connectivity index (χ2n) is 6.70. The van der Waals surface area contributed by atoms with Crippen molar-refractivity contribution in [3.63, 3.8) is 0 Å². The van der Waals surface area contributed by atoms with Crippen LogP contribution in [0.5, 0.6) is 0 Å². The van der Waals surface area contributed by atoms with Gasteiger partial charge in [-0.1, -0.05) is 36.4 Å². The van der Waals surface area contributed by atoms with Gasteiger partial charge in [0.15, 0.2) is 5.82 Å². The number of aromatic nitrogens is 2. The fourth-order valence-electron chi connectivity index (χ4n) is 3.87. The predicted octanol–water partition coefficient (Wildman–Crippen LogP) is 2.02. The van der Waals surface area contributed by atoms with Crippen LogP contribution in [-0.4, -0.2) is 17.0 Å². The number of fused-ring (bicyclic) bond motifs is 2. The molecule has 0 fully saturated rings. The molecular weight excluding hydrogens is 298 g/mol. The quantitative estimate of drug-likeness (QED) is 0.776. The van der Waals surface area contributed by atoms with Gasteiger partial charge in [0.25, 0.3) is 5.56 Å². The van der Waals surface area contributed by atoms with E-state index in [9.17, 15) is 4.79 Å². The highest BCUT2D eigenvalue weighted by Crippen LogP contribution is 2.27. The summed E-state index contributed by atoms with van der Waals surface area (Å²) in [6, 6.07) is 16.7. The molecule has 4 nitrogen and oxygen atoms in total. The van der Waals surface area contributed by atoms with Crippen molar-refractivity contribution in [3.05, 3.63) is 75.8 Å². The third-order valence-corrected chi connectivity index (χ3v) is 5.07. The van der Waals surface area contributed by atoms with Crippen LogP contribution in [0.25, 0.3) is 10.9 Å². The number of nitrogens with one attached hydrogen (secondary N) is 2. The van der Waals surface area contributed by atoms with E-state index >= 15 is 0 Å². The minimum atomic E-state index is -0.0487. The highest BCUT2D eigenvalue weighted by Gasteiger charge is 2.27. The normalized spacial score (nSPS) is 18.3. The van der Waals surface area contributed by atoms with Crippen LogP contribution in [-0.2, 0) is 13.0 Å². The lowest BCUT2D eigenvalue weighted by molar-refractivity contribution is -0.927. The Bertz CT molecular complexity index is 931. The van der Waals surface area contributed by atoms with Gasteiger partial charge < -0.3 is 9.88 Å². The van der Waals surface area contributed by atoms with Crippen molar-refractivity contribution in [3.8, 4) is 0 Å². The van der Waals surface area contributed by atoms with Crippen molar-refractivity contribution >= 4 is 10.9 Å². The summed E-state index contributed by atoms with van der Waals surface area (Å²) in [5.41, 5.74) is 3.64. The Hall–Kier alpha value is -2.46. The maximum absolute atomic E-state index is 12.3. The van der Waals surface area contributed by atoms with E-state index in [2.05, 4.69) is 41.3 Å². The first-order valence-electron chi connectivity index (χ1n) is 8.60. The topological polar surface area (TPSA) is 50.2 Å². The lowest BCUT2D eigenvalue weighted by Crippen LogP contribution is -3.08. The first-order valence-corrected chi connectivity index (χ1v) is 8.60. The molecule has 0 radical (unpaired) electrons. The van der Waals surface area contributed by atoms with Gasteiger partial charge in [-0.25, -0.2) is 4.98 Å². The molecule has 4 rings (SSSR count). The molecule has 3 aromatic rings. The van der Waals surface area contributed by atoms with Crippen LogP contribution in [0.15, 0.2) is 53.3 Å². The molecule has 0 aliphatic heterocycles.